The van der Waals surface area contributed by atoms with E-state index in [9.17, 15) is 14.0 Å². The first kappa shape index (κ1) is 30.9. The Kier molecular flexibility index (Phi) is 10.9. The minimum absolute atomic E-state index is 0.00229. The van der Waals surface area contributed by atoms with Gasteiger partial charge < -0.3 is 24.2 Å². The molecule has 228 valence electrons. The van der Waals surface area contributed by atoms with Crippen molar-refractivity contribution >= 4 is 17.5 Å². The lowest BCUT2D eigenvalue weighted by atomic mass is 10.0. The van der Waals surface area contributed by atoms with Gasteiger partial charge in [-0.25, -0.2) is 4.39 Å². The number of halogens is 1. The van der Waals surface area contributed by atoms with Crippen LogP contribution in [0.25, 0.3) is 0 Å². The number of likely N-dealkylation sites (tertiary alicyclic amines) is 2. The Labute approximate surface area is 254 Å². The second-order valence-corrected chi connectivity index (χ2v) is 11.6. The average Bonchev–Trinajstić information content (AvgIpc) is 3.66. The van der Waals surface area contributed by atoms with E-state index in [1.807, 2.05) is 41.3 Å². The number of carbonyl (C=O) groups is 2. The molecular weight excluding hydrogens is 545 g/mol. The molecule has 3 fully saturated rings. The van der Waals surface area contributed by atoms with Crippen molar-refractivity contribution in [2.24, 2.45) is 11.8 Å². The molecule has 3 aromatic carbocycles. The molecule has 0 bridgehead atoms. The van der Waals surface area contributed by atoms with Crippen LogP contribution in [0.5, 0.6) is 0 Å². The van der Waals surface area contributed by atoms with E-state index in [2.05, 4.69) is 29.2 Å². The van der Waals surface area contributed by atoms with E-state index in [0.29, 0.717) is 17.5 Å². The molecule has 0 spiro atoms. The number of ether oxygens (including phenoxy) is 2. The molecule has 0 aromatic heterocycles. The Hall–Kier alpha value is -3.59. The third-order valence-electron chi connectivity index (χ3n) is 8.68. The molecule has 0 aliphatic carbocycles. The molecule has 6 rings (SSSR count). The van der Waals surface area contributed by atoms with Crippen molar-refractivity contribution in [3.63, 3.8) is 0 Å². The lowest BCUT2D eigenvalue weighted by Gasteiger charge is -2.38. The molecule has 2 unspecified atom stereocenters. The van der Waals surface area contributed by atoms with Gasteiger partial charge in [0.15, 0.2) is 0 Å². The van der Waals surface area contributed by atoms with Gasteiger partial charge in [0.1, 0.15) is 12.4 Å². The summed E-state index contributed by atoms with van der Waals surface area (Å²) in [7, 11) is 1.49. The number of piperidine rings is 1. The molecule has 3 aliphatic rings. The number of amides is 2. The van der Waals surface area contributed by atoms with E-state index < -0.39 is 0 Å². The molecule has 3 heterocycles. The van der Waals surface area contributed by atoms with Gasteiger partial charge >= 0.3 is 0 Å². The van der Waals surface area contributed by atoms with Crippen LogP contribution >= 0.6 is 0 Å². The minimum atomic E-state index is -0.367. The van der Waals surface area contributed by atoms with Gasteiger partial charge in [-0.15, -0.1) is 0 Å². The predicted molar refractivity (Wildman–Crippen MR) is 166 cm³/mol. The molecular formula is C35H42FN3O4. The van der Waals surface area contributed by atoms with Gasteiger partial charge in [-0.3, -0.25) is 9.59 Å². The normalized spacial score (nSPS) is 20.3. The van der Waals surface area contributed by atoms with Crippen molar-refractivity contribution in [1.82, 2.24) is 9.80 Å². The van der Waals surface area contributed by atoms with Gasteiger partial charge in [-0.1, -0.05) is 60.7 Å². The Morgan fingerprint density at radius 2 is 1.49 bits per heavy atom. The highest BCUT2D eigenvalue weighted by molar-refractivity contribution is 5.95. The first-order valence-electron chi connectivity index (χ1n) is 15.3. The highest BCUT2D eigenvalue weighted by Gasteiger charge is 2.39. The maximum atomic E-state index is 14.3. The highest BCUT2D eigenvalue weighted by Crippen LogP contribution is 2.30. The Morgan fingerprint density at radius 3 is 2.12 bits per heavy atom. The van der Waals surface area contributed by atoms with Crippen molar-refractivity contribution in [2.75, 3.05) is 64.6 Å². The third kappa shape index (κ3) is 8.07. The molecule has 8 heteroatoms. The van der Waals surface area contributed by atoms with Crippen LogP contribution in [0, 0.1) is 17.7 Å². The summed E-state index contributed by atoms with van der Waals surface area (Å²) in [6, 6.07) is 26.5. The van der Waals surface area contributed by atoms with Crippen LogP contribution in [0.15, 0.2) is 84.9 Å². The molecule has 3 saturated heterocycles. The molecule has 2 atom stereocenters. The second kappa shape index (κ2) is 15.2. The molecule has 0 radical (unpaired) electrons. The quantitative estimate of drug-likeness (QED) is 0.375. The fraction of sp³-hybridized carbons (Fsp3) is 0.429. The third-order valence-corrected chi connectivity index (χ3v) is 8.68. The Morgan fingerprint density at radius 1 is 0.884 bits per heavy atom. The number of para-hydroxylation sites is 1. The summed E-state index contributed by atoms with van der Waals surface area (Å²) in [6.45, 7) is 6.14. The van der Waals surface area contributed by atoms with Crippen LogP contribution < -0.4 is 4.90 Å². The summed E-state index contributed by atoms with van der Waals surface area (Å²) in [5, 5.41) is 0. The topological polar surface area (TPSA) is 62.3 Å². The molecule has 2 amide bonds. The summed E-state index contributed by atoms with van der Waals surface area (Å²) in [4.78, 5) is 30.8. The van der Waals surface area contributed by atoms with Gasteiger partial charge in [0.2, 0.25) is 0 Å². The zero-order chi connectivity index (χ0) is 30.0. The van der Waals surface area contributed by atoms with Gasteiger partial charge in [0.25, 0.3) is 11.8 Å². The van der Waals surface area contributed by atoms with Crippen LogP contribution in [-0.2, 0) is 20.7 Å². The van der Waals surface area contributed by atoms with Crippen LogP contribution in [0.1, 0.15) is 28.8 Å². The number of hydrogen-bond donors (Lipinski definition) is 0. The van der Waals surface area contributed by atoms with Gasteiger partial charge in [-0.2, -0.15) is 0 Å². The molecule has 43 heavy (non-hydrogen) atoms. The number of benzene rings is 3. The number of hydrogen-bond acceptors (Lipinski definition) is 5. The van der Waals surface area contributed by atoms with Crippen molar-refractivity contribution in [2.45, 2.75) is 25.3 Å². The summed E-state index contributed by atoms with van der Waals surface area (Å²) < 4.78 is 24.8. The number of rotatable bonds is 8. The van der Waals surface area contributed by atoms with E-state index in [1.165, 1.54) is 18.7 Å². The van der Waals surface area contributed by atoms with E-state index in [1.54, 1.807) is 23.1 Å². The van der Waals surface area contributed by atoms with Crippen molar-refractivity contribution in [1.29, 1.82) is 0 Å². The zero-order valence-corrected chi connectivity index (χ0v) is 24.9. The number of fused-ring (bicyclic) bond motifs is 1. The molecule has 0 N–H and O–H groups in total. The number of nitrogens with zero attached hydrogens (tertiary/aromatic N) is 3. The monoisotopic (exact) mass is 587 g/mol. The largest absolute Gasteiger partial charge is 0.381 e. The van der Waals surface area contributed by atoms with Gasteiger partial charge in [-0.05, 0) is 49.1 Å². The number of anilines is 1. The molecule has 3 aromatic rings. The Bertz CT molecular complexity index is 1300. The summed E-state index contributed by atoms with van der Waals surface area (Å²) in [5.41, 5.74) is 2.48. The molecule has 3 aliphatic heterocycles. The van der Waals surface area contributed by atoms with Gasteiger partial charge in [0, 0.05) is 63.3 Å². The predicted octanol–water partition coefficient (Wildman–Crippen LogP) is 4.92. The van der Waals surface area contributed by atoms with Gasteiger partial charge in [0.05, 0.1) is 18.9 Å². The van der Waals surface area contributed by atoms with Crippen LogP contribution in [0.4, 0.5) is 10.1 Å². The highest BCUT2D eigenvalue weighted by atomic mass is 19.1. The standard InChI is InChI=1S/C22H27FN2O2.C13H15NO2/c1-27-17-22(26)25(21-10-6-5-9-20(21)23)19-12-15-24(16-13-19)14-11-18-7-3-2-4-8-18;15-13(10-4-2-1-3-5-10)14-6-11-8-16-9-12(11)7-14/h2-10,19H,11-17H2,1H3;1-5,11-12H,6-9H2. The lowest BCUT2D eigenvalue weighted by molar-refractivity contribution is -0.122. The second-order valence-electron chi connectivity index (χ2n) is 11.6. The maximum absolute atomic E-state index is 14.3. The SMILES string of the molecule is COCC(=O)N(c1ccccc1F)C1CCN(CCc2ccccc2)CC1.O=C(c1ccccc1)N1CC2COCC2C1. The summed E-state index contributed by atoms with van der Waals surface area (Å²) in [6.07, 6.45) is 2.68. The fourth-order valence-corrected chi connectivity index (χ4v) is 6.32. The molecule has 7 nitrogen and oxygen atoms in total. The van der Waals surface area contributed by atoms with Crippen molar-refractivity contribution < 1.29 is 23.5 Å². The Balaban J connectivity index is 0.000000194. The van der Waals surface area contributed by atoms with E-state index >= 15 is 0 Å². The molecule has 0 saturated carbocycles. The summed E-state index contributed by atoms with van der Waals surface area (Å²) in [5.74, 6) is 0.731. The smallest absolute Gasteiger partial charge is 0.253 e. The number of carbonyl (C=O) groups excluding carboxylic acids is 2. The lowest BCUT2D eigenvalue weighted by Crippen LogP contribution is -2.49. The van der Waals surface area contributed by atoms with E-state index in [0.717, 1.165) is 70.8 Å². The summed E-state index contributed by atoms with van der Waals surface area (Å²) >= 11 is 0. The van der Waals surface area contributed by atoms with E-state index in [-0.39, 0.29) is 30.3 Å². The fourth-order valence-electron chi connectivity index (χ4n) is 6.32. The first-order chi connectivity index (χ1) is 21.0. The van der Waals surface area contributed by atoms with Crippen molar-refractivity contribution in [3.05, 3.63) is 102 Å². The van der Waals surface area contributed by atoms with Crippen LogP contribution in [0.3, 0.4) is 0 Å². The maximum Gasteiger partial charge on any atom is 0.253 e. The zero-order valence-electron chi connectivity index (χ0n) is 24.9. The number of methoxy groups -OCH3 is 1. The van der Waals surface area contributed by atoms with Crippen LogP contribution in [0.2, 0.25) is 0 Å². The minimum Gasteiger partial charge on any atom is -0.381 e. The first-order valence-corrected chi connectivity index (χ1v) is 15.3. The van der Waals surface area contributed by atoms with Crippen LogP contribution in [-0.4, -0.2) is 87.3 Å². The average molecular weight is 588 g/mol. The van der Waals surface area contributed by atoms with Crippen molar-refractivity contribution in [3.8, 4) is 0 Å². The van der Waals surface area contributed by atoms with E-state index in [4.69, 9.17) is 9.47 Å².